The minimum absolute atomic E-state index is 0.152. The Labute approximate surface area is 285 Å². The van der Waals surface area contributed by atoms with Crippen LogP contribution in [0.2, 0.25) is 0 Å². The van der Waals surface area contributed by atoms with Gasteiger partial charge >= 0.3 is 0 Å². The molecule has 0 aliphatic heterocycles. The molecule has 0 radical (unpaired) electrons. The fourth-order valence-corrected chi connectivity index (χ4v) is 9.71. The Balaban J connectivity index is 1.31. The highest BCUT2D eigenvalue weighted by molar-refractivity contribution is 7.92. The molecule has 2 atom stereocenters. The molecule has 0 unspecified atom stereocenters. The van der Waals surface area contributed by atoms with Gasteiger partial charge in [0.1, 0.15) is 18.4 Å². The van der Waals surface area contributed by atoms with E-state index in [2.05, 4.69) is 17.4 Å². The normalized spacial score (nSPS) is 24.1. The molecule has 1 N–H and O–H groups in total. The maximum atomic E-state index is 15.0. The van der Waals surface area contributed by atoms with E-state index in [1.165, 1.54) is 55.1 Å². The summed E-state index contributed by atoms with van der Waals surface area (Å²) in [6.45, 7) is 3.13. The number of nitrogens with one attached hydrogen (secondary N) is 1. The molecule has 7 nitrogen and oxygen atoms in total. The smallest absolute Gasteiger partial charge is 0.244 e. The van der Waals surface area contributed by atoms with E-state index in [1.54, 1.807) is 18.2 Å². The van der Waals surface area contributed by atoms with E-state index < -0.39 is 34.3 Å². The average molecular weight is 674 g/mol. The molecule has 256 valence electrons. The zero-order chi connectivity index (χ0) is 34.1. The molecule has 48 heavy (non-hydrogen) atoms. The SMILES string of the molecule is CC[C@@H](C)NC(=O)[C@@H](Cc1ccccc1)N(Cc1ccccc1F)C(=O)CN(c1ccc(C23CC4CC(CC(C4)C2)C3)cc1)S(C)(=O)=O. The van der Waals surface area contributed by atoms with Gasteiger partial charge in [0, 0.05) is 24.6 Å². The van der Waals surface area contributed by atoms with Crippen LogP contribution in [0.4, 0.5) is 10.1 Å². The fourth-order valence-electron chi connectivity index (χ4n) is 8.86. The number of amides is 2. The molecule has 0 heterocycles. The van der Waals surface area contributed by atoms with Crippen molar-refractivity contribution in [2.75, 3.05) is 17.1 Å². The molecule has 4 aliphatic carbocycles. The van der Waals surface area contributed by atoms with Crippen molar-refractivity contribution in [2.24, 2.45) is 17.8 Å². The van der Waals surface area contributed by atoms with Gasteiger partial charge in [0.15, 0.2) is 0 Å². The summed E-state index contributed by atoms with van der Waals surface area (Å²) >= 11 is 0. The minimum atomic E-state index is -3.90. The first-order valence-corrected chi connectivity index (χ1v) is 19.2. The van der Waals surface area contributed by atoms with Gasteiger partial charge in [-0.25, -0.2) is 12.8 Å². The van der Waals surface area contributed by atoms with E-state index >= 15 is 4.39 Å². The molecule has 4 bridgehead atoms. The van der Waals surface area contributed by atoms with E-state index in [0.717, 1.165) is 33.9 Å². The van der Waals surface area contributed by atoms with E-state index in [4.69, 9.17) is 0 Å². The number of benzene rings is 3. The molecule has 9 heteroatoms. The number of rotatable bonds is 13. The fraction of sp³-hybridized carbons (Fsp3) is 0.487. The minimum Gasteiger partial charge on any atom is -0.352 e. The summed E-state index contributed by atoms with van der Waals surface area (Å²) in [4.78, 5) is 29.6. The molecular formula is C39H48FN3O4S. The lowest BCUT2D eigenvalue weighted by molar-refractivity contribution is -0.140. The van der Waals surface area contributed by atoms with Gasteiger partial charge in [0.2, 0.25) is 21.8 Å². The first kappa shape index (κ1) is 34.2. The zero-order valence-corrected chi connectivity index (χ0v) is 29.1. The van der Waals surface area contributed by atoms with Crippen LogP contribution in [0.3, 0.4) is 0 Å². The van der Waals surface area contributed by atoms with Crippen LogP contribution in [0.15, 0.2) is 78.9 Å². The summed E-state index contributed by atoms with van der Waals surface area (Å²) in [5.74, 6) is 0.877. The quantitative estimate of drug-likeness (QED) is 0.221. The van der Waals surface area contributed by atoms with Crippen LogP contribution in [0.5, 0.6) is 0 Å². The van der Waals surface area contributed by atoms with Gasteiger partial charge in [-0.05, 0) is 104 Å². The highest BCUT2D eigenvalue weighted by Crippen LogP contribution is 2.60. The molecule has 3 aromatic carbocycles. The van der Waals surface area contributed by atoms with Crippen LogP contribution in [-0.4, -0.2) is 50.0 Å². The Morgan fingerprint density at radius 2 is 1.48 bits per heavy atom. The number of hydrogen-bond donors (Lipinski definition) is 1. The Kier molecular flexibility index (Phi) is 9.98. The molecule has 7 rings (SSSR count). The summed E-state index contributed by atoms with van der Waals surface area (Å²) < 4.78 is 42.8. The van der Waals surface area contributed by atoms with Crippen molar-refractivity contribution >= 4 is 27.5 Å². The van der Waals surface area contributed by atoms with Crippen LogP contribution < -0.4 is 9.62 Å². The molecular weight excluding hydrogens is 626 g/mol. The molecule has 4 aliphatic rings. The maximum absolute atomic E-state index is 15.0. The number of anilines is 1. The van der Waals surface area contributed by atoms with Gasteiger partial charge in [-0.15, -0.1) is 0 Å². The molecule has 0 spiro atoms. The zero-order valence-electron chi connectivity index (χ0n) is 28.3. The van der Waals surface area contributed by atoms with Crippen molar-refractivity contribution in [3.63, 3.8) is 0 Å². The van der Waals surface area contributed by atoms with Gasteiger partial charge in [0.05, 0.1) is 11.9 Å². The van der Waals surface area contributed by atoms with Gasteiger partial charge in [-0.2, -0.15) is 0 Å². The number of halogens is 1. The second-order valence-corrected chi connectivity index (χ2v) is 16.6. The second kappa shape index (κ2) is 14.0. The Morgan fingerprint density at radius 3 is 2.04 bits per heavy atom. The Bertz CT molecular complexity index is 1680. The molecule has 3 aromatic rings. The Hall–Kier alpha value is -3.72. The van der Waals surface area contributed by atoms with Gasteiger partial charge in [0.25, 0.3) is 0 Å². The first-order chi connectivity index (χ1) is 22.9. The summed E-state index contributed by atoms with van der Waals surface area (Å²) in [6.07, 6.45) is 9.55. The summed E-state index contributed by atoms with van der Waals surface area (Å²) in [5.41, 5.74) is 2.88. The van der Waals surface area contributed by atoms with E-state index in [1.807, 2.05) is 56.3 Å². The summed E-state index contributed by atoms with van der Waals surface area (Å²) in [5, 5.41) is 3.00. The predicted molar refractivity (Wildman–Crippen MR) is 187 cm³/mol. The first-order valence-electron chi connectivity index (χ1n) is 17.4. The number of carbonyl (C=O) groups is 2. The van der Waals surface area contributed by atoms with Gasteiger partial charge < -0.3 is 10.2 Å². The summed E-state index contributed by atoms with van der Waals surface area (Å²) in [7, 11) is -3.90. The summed E-state index contributed by atoms with van der Waals surface area (Å²) in [6, 6.07) is 22.1. The third-order valence-corrected chi connectivity index (χ3v) is 12.2. The second-order valence-electron chi connectivity index (χ2n) is 14.7. The van der Waals surface area contributed by atoms with Crippen LogP contribution >= 0.6 is 0 Å². The van der Waals surface area contributed by atoms with Crippen molar-refractivity contribution in [1.82, 2.24) is 10.2 Å². The highest BCUT2D eigenvalue weighted by Gasteiger charge is 2.51. The molecule has 0 saturated heterocycles. The number of carbonyl (C=O) groups excluding carboxylic acids is 2. The third kappa shape index (κ3) is 7.46. The standard InChI is InChI=1S/C39H48FN3O4S/c1-4-27(2)41-38(45)36(21-28-10-6-5-7-11-28)42(25-32-12-8-9-13-35(32)40)37(44)26-43(48(3,46)47)34-16-14-33(15-17-34)39-22-29-18-30(23-39)20-31(19-29)24-39/h5-17,27,29-31,36H,4,18-26H2,1-3H3,(H,41,45)/t27-,29?,30?,31?,36-,39?/m1/s1. The van der Waals surface area contributed by atoms with Crippen molar-refractivity contribution in [1.29, 1.82) is 0 Å². The van der Waals surface area contributed by atoms with Crippen LogP contribution in [0.1, 0.15) is 75.5 Å². The van der Waals surface area contributed by atoms with Crippen LogP contribution in [0.25, 0.3) is 0 Å². The largest absolute Gasteiger partial charge is 0.352 e. The van der Waals surface area contributed by atoms with Gasteiger partial charge in [-0.1, -0.05) is 67.6 Å². The Morgan fingerprint density at radius 1 is 0.896 bits per heavy atom. The lowest BCUT2D eigenvalue weighted by Gasteiger charge is -2.57. The van der Waals surface area contributed by atoms with E-state index in [-0.39, 0.29) is 35.9 Å². The predicted octanol–water partition coefficient (Wildman–Crippen LogP) is 6.61. The van der Waals surface area contributed by atoms with Crippen molar-refractivity contribution < 1.29 is 22.4 Å². The topological polar surface area (TPSA) is 86.8 Å². The lowest BCUT2D eigenvalue weighted by Crippen LogP contribution is -2.54. The average Bonchev–Trinajstić information content (AvgIpc) is 3.05. The van der Waals surface area contributed by atoms with Crippen LogP contribution in [-0.2, 0) is 38.0 Å². The van der Waals surface area contributed by atoms with Crippen molar-refractivity contribution in [2.45, 2.75) is 89.3 Å². The van der Waals surface area contributed by atoms with Crippen LogP contribution in [0, 0.1) is 23.6 Å². The number of hydrogen-bond acceptors (Lipinski definition) is 4. The number of sulfonamides is 1. The lowest BCUT2D eigenvalue weighted by atomic mass is 9.48. The molecule has 4 fully saturated rings. The van der Waals surface area contributed by atoms with Gasteiger partial charge in [-0.3, -0.25) is 13.9 Å². The van der Waals surface area contributed by atoms with E-state index in [0.29, 0.717) is 12.1 Å². The maximum Gasteiger partial charge on any atom is 0.244 e. The molecule has 0 aromatic heterocycles. The number of nitrogens with zero attached hydrogens (tertiary/aromatic N) is 2. The third-order valence-electron chi connectivity index (χ3n) is 11.1. The molecule has 4 saturated carbocycles. The monoisotopic (exact) mass is 673 g/mol. The van der Waals surface area contributed by atoms with E-state index in [9.17, 15) is 18.0 Å². The van der Waals surface area contributed by atoms with Crippen molar-refractivity contribution in [3.05, 3.63) is 101 Å². The van der Waals surface area contributed by atoms with Crippen molar-refractivity contribution in [3.8, 4) is 0 Å². The highest BCUT2D eigenvalue weighted by atomic mass is 32.2. The molecule has 2 amide bonds.